The summed E-state index contributed by atoms with van der Waals surface area (Å²) in [6.07, 6.45) is 1.95. The first-order valence-electron chi connectivity index (χ1n) is 13.5. The van der Waals surface area contributed by atoms with Gasteiger partial charge in [0.25, 0.3) is 0 Å². The summed E-state index contributed by atoms with van der Waals surface area (Å²) in [7, 11) is 0. The van der Waals surface area contributed by atoms with Crippen molar-refractivity contribution < 1.29 is 14.3 Å². The van der Waals surface area contributed by atoms with Crippen LogP contribution in [0.15, 0.2) is 102 Å². The van der Waals surface area contributed by atoms with Crippen molar-refractivity contribution >= 4 is 29.4 Å². The number of carbonyl (C=O) groups excluding carboxylic acids is 2. The van der Waals surface area contributed by atoms with E-state index in [0.29, 0.717) is 18.0 Å². The fourth-order valence-electron chi connectivity index (χ4n) is 7.04. The molecule has 1 saturated heterocycles. The van der Waals surface area contributed by atoms with Crippen molar-refractivity contribution in [2.75, 3.05) is 11.5 Å². The van der Waals surface area contributed by atoms with Crippen LogP contribution in [-0.2, 0) is 15.0 Å². The zero-order chi connectivity index (χ0) is 26.7. The molecule has 0 saturated carbocycles. The van der Waals surface area contributed by atoms with E-state index in [1.807, 2.05) is 80.7 Å². The molecule has 3 aliphatic carbocycles. The molecule has 192 valence electrons. The van der Waals surface area contributed by atoms with Gasteiger partial charge in [-0.25, -0.2) is 4.90 Å². The number of benzene rings is 4. The quantitative estimate of drug-likeness (QED) is 0.231. The first-order valence-corrected chi connectivity index (χ1v) is 13.5. The molecule has 0 radical (unpaired) electrons. The molecule has 0 aromatic heterocycles. The van der Waals surface area contributed by atoms with Crippen LogP contribution in [-0.4, -0.2) is 24.6 Å². The number of amides is 2. The Hall–Kier alpha value is -4.51. The summed E-state index contributed by atoms with van der Waals surface area (Å²) in [5, 5.41) is 0. The smallest absolute Gasteiger partial charge is 0.239 e. The molecule has 2 bridgehead atoms. The van der Waals surface area contributed by atoms with E-state index in [9.17, 15) is 9.59 Å². The lowest BCUT2D eigenvalue weighted by Crippen LogP contribution is -2.54. The number of rotatable bonds is 5. The van der Waals surface area contributed by atoms with Crippen molar-refractivity contribution in [3.05, 3.63) is 125 Å². The lowest BCUT2D eigenvalue weighted by molar-refractivity contribution is -0.122. The van der Waals surface area contributed by atoms with Crippen LogP contribution in [0.4, 0.5) is 11.4 Å². The van der Waals surface area contributed by atoms with Gasteiger partial charge in [-0.15, -0.1) is 0 Å². The number of imide groups is 1. The normalized spacial score (nSPS) is 24.6. The molecule has 8 rings (SSSR count). The monoisotopic (exact) mass is 512 g/mol. The topological polar surface area (TPSA) is 59.0 Å². The number of hydrogen-bond acceptors (Lipinski definition) is 4. The molecule has 4 aliphatic rings. The Labute approximate surface area is 227 Å². The minimum absolute atomic E-state index is 0.156. The van der Waals surface area contributed by atoms with Crippen molar-refractivity contribution in [1.29, 1.82) is 0 Å². The van der Waals surface area contributed by atoms with Crippen molar-refractivity contribution in [2.45, 2.75) is 25.2 Å². The third kappa shape index (κ3) is 3.22. The van der Waals surface area contributed by atoms with Gasteiger partial charge in [-0.1, -0.05) is 66.7 Å². The highest BCUT2D eigenvalue weighted by molar-refractivity contribution is 6.25. The van der Waals surface area contributed by atoms with Crippen molar-refractivity contribution in [2.24, 2.45) is 16.8 Å². The van der Waals surface area contributed by atoms with E-state index < -0.39 is 17.3 Å². The van der Waals surface area contributed by atoms with Crippen LogP contribution in [0.5, 0.6) is 5.75 Å². The second-order valence-electron chi connectivity index (χ2n) is 10.5. The molecule has 5 heteroatoms. The van der Waals surface area contributed by atoms with E-state index in [4.69, 9.17) is 9.73 Å². The van der Waals surface area contributed by atoms with Crippen LogP contribution in [0.25, 0.3) is 0 Å². The van der Waals surface area contributed by atoms with Crippen LogP contribution in [0.1, 0.15) is 40.7 Å². The molecule has 2 amide bonds. The maximum atomic E-state index is 14.5. The highest BCUT2D eigenvalue weighted by Gasteiger charge is 2.67. The molecule has 1 heterocycles. The predicted octanol–water partition coefficient (Wildman–Crippen LogP) is 6.35. The Morgan fingerprint density at radius 1 is 0.821 bits per heavy atom. The lowest BCUT2D eigenvalue weighted by Gasteiger charge is -2.52. The third-order valence-electron chi connectivity index (χ3n) is 8.61. The first-order chi connectivity index (χ1) is 19.1. The average Bonchev–Trinajstić information content (AvgIpc) is 3.24. The van der Waals surface area contributed by atoms with E-state index in [2.05, 4.69) is 24.3 Å². The van der Waals surface area contributed by atoms with Crippen molar-refractivity contribution in [3.63, 3.8) is 0 Å². The Morgan fingerprint density at radius 2 is 1.44 bits per heavy atom. The summed E-state index contributed by atoms with van der Waals surface area (Å²) in [4.78, 5) is 35.2. The highest BCUT2D eigenvalue weighted by Crippen LogP contribution is 2.63. The number of carbonyl (C=O) groups is 2. The number of anilines is 1. The third-order valence-corrected chi connectivity index (χ3v) is 8.61. The van der Waals surface area contributed by atoms with Gasteiger partial charge < -0.3 is 4.74 Å². The molecule has 39 heavy (non-hydrogen) atoms. The van der Waals surface area contributed by atoms with Crippen LogP contribution >= 0.6 is 0 Å². The molecule has 1 fully saturated rings. The fraction of sp³-hybridized carbons (Fsp3) is 0.206. The molecular weight excluding hydrogens is 484 g/mol. The molecule has 4 aromatic rings. The Kier molecular flexibility index (Phi) is 5.31. The summed E-state index contributed by atoms with van der Waals surface area (Å²) >= 11 is 0. The molecule has 0 spiro atoms. The maximum Gasteiger partial charge on any atom is 0.239 e. The van der Waals surface area contributed by atoms with Gasteiger partial charge in [0.2, 0.25) is 11.8 Å². The van der Waals surface area contributed by atoms with E-state index in [0.717, 1.165) is 33.5 Å². The number of hydrogen-bond donors (Lipinski definition) is 0. The number of ether oxygens (including phenoxy) is 1. The predicted molar refractivity (Wildman–Crippen MR) is 152 cm³/mol. The number of aliphatic imine (C=N–C) groups is 1. The van der Waals surface area contributed by atoms with E-state index in [-0.39, 0.29) is 17.7 Å². The molecule has 2 atom stereocenters. The number of nitrogens with zero attached hydrogens (tertiary/aromatic N) is 2. The van der Waals surface area contributed by atoms with Gasteiger partial charge in [0, 0.05) is 12.1 Å². The first kappa shape index (κ1) is 23.6. The van der Waals surface area contributed by atoms with Gasteiger partial charge in [-0.2, -0.15) is 0 Å². The lowest BCUT2D eigenvalue weighted by atomic mass is 9.47. The van der Waals surface area contributed by atoms with Gasteiger partial charge >= 0.3 is 0 Å². The Balaban J connectivity index is 1.46. The van der Waals surface area contributed by atoms with Gasteiger partial charge in [-0.05, 0) is 72.0 Å². The van der Waals surface area contributed by atoms with E-state index >= 15 is 0 Å². The molecule has 4 aromatic carbocycles. The number of aryl methyl sites for hydroxylation is 1. The molecule has 0 N–H and O–H groups in total. The summed E-state index contributed by atoms with van der Waals surface area (Å²) in [6, 6.07) is 31.7. The SMILES string of the molecule is CCOc1ccc(N2C(=O)[C@@H]3C4c5ccccc5C(C=Nc5ccccc5C)(c5ccccc54)[C@@H]3C2=O)cc1. The minimum Gasteiger partial charge on any atom is -0.494 e. The van der Waals surface area contributed by atoms with Gasteiger partial charge in [-0.3, -0.25) is 14.6 Å². The van der Waals surface area contributed by atoms with Gasteiger partial charge in [0.1, 0.15) is 5.75 Å². The Bertz CT molecular complexity index is 1610. The summed E-state index contributed by atoms with van der Waals surface area (Å²) in [5.41, 5.74) is 5.92. The summed E-state index contributed by atoms with van der Waals surface area (Å²) in [6.45, 7) is 4.51. The zero-order valence-corrected chi connectivity index (χ0v) is 21.9. The van der Waals surface area contributed by atoms with Gasteiger partial charge in [0.05, 0.1) is 35.2 Å². The zero-order valence-electron chi connectivity index (χ0n) is 21.9. The number of para-hydroxylation sites is 1. The molecule has 1 aliphatic heterocycles. The second-order valence-corrected chi connectivity index (χ2v) is 10.5. The molecule has 5 nitrogen and oxygen atoms in total. The van der Waals surface area contributed by atoms with Crippen molar-refractivity contribution in [3.8, 4) is 5.75 Å². The van der Waals surface area contributed by atoms with Crippen molar-refractivity contribution in [1.82, 2.24) is 0 Å². The standard InChI is InChI=1S/C34H28N2O3/c1-3-39-23-18-16-22(17-19-23)36-32(37)30-29-24-11-5-7-13-26(24)34(31(30)33(36)38,27-14-8-6-12-25(27)29)20-35-28-15-9-4-10-21(28)2/h4-20,29-31H,3H2,1-2H3/t29?,30-,31+,34?/m1/s1. The van der Waals surface area contributed by atoms with Crippen LogP contribution < -0.4 is 9.64 Å². The summed E-state index contributed by atoms with van der Waals surface area (Å²) < 4.78 is 5.59. The van der Waals surface area contributed by atoms with Gasteiger partial charge in [0.15, 0.2) is 0 Å². The Morgan fingerprint density at radius 3 is 2.08 bits per heavy atom. The van der Waals surface area contributed by atoms with Crippen LogP contribution in [0.3, 0.4) is 0 Å². The second kappa shape index (κ2) is 8.77. The molecular formula is C34H28N2O3. The summed E-state index contributed by atoms with van der Waals surface area (Å²) in [5.74, 6) is -0.938. The highest BCUT2D eigenvalue weighted by atomic mass is 16.5. The van der Waals surface area contributed by atoms with E-state index in [1.165, 1.54) is 4.90 Å². The maximum absolute atomic E-state index is 14.5. The van der Waals surface area contributed by atoms with Crippen LogP contribution in [0, 0.1) is 18.8 Å². The average molecular weight is 513 g/mol. The fourth-order valence-corrected chi connectivity index (χ4v) is 7.04. The minimum atomic E-state index is -0.873. The molecule has 0 unspecified atom stereocenters. The van der Waals surface area contributed by atoms with E-state index in [1.54, 1.807) is 12.1 Å². The van der Waals surface area contributed by atoms with Crippen LogP contribution in [0.2, 0.25) is 0 Å². The largest absolute Gasteiger partial charge is 0.494 e.